The zero-order chi connectivity index (χ0) is 18.0. The van der Waals surface area contributed by atoms with E-state index in [1.807, 2.05) is 0 Å². The lowest BCUT2D eigenvalue weighted by Gasteiger charge is -2.30. The molecule has 0 radical (unpaired) electrons. The minimum absolute atomic E-state index is 0.0120. The Kier molecular flexibility index (Phi) is 4.61. The molecule has 3 rings (SSSR count). The standard InChI is InChI=1S/C18H17NO5S/c1-24-14-8-6-13(7-9-14)12-16-18(21)15-4-2-3-5-17(15)25(22,23)19(16)10-11-20/h2-9,12,20H,10-11H2,1H3. The van der Waals surface area contributed by atoms with E-state index in [9.17, 15) is 18.3 Å². The van der Waals surface area contributed by atoms with Crippen molar-refractivity contribution in [2.75, 3.05) is 20.3 Å². The van der Waals surface area contributed by atoms with Crippen molar-refractivity contribution in [2.24, 2.45) is 0 Å². The van der Waals surface area contributed by atoms with Crippen LogP contribution in [0.2, 0.25) is 0 Å². The second-order valence-electron chi connectivity index (χ2n) is 5.43. The first kappa shape index (κ1) is 17.2. The zero-order valence-corrected chi connectivity index (χ0v) is 14.4. The van der Waals surface area contributed by atoms with Crippen molar-refractivity contribution in [1.29, 1.82) is 0 Å². The first-order valence-corrected chi connectivity index (χ1v) is 9.06. The summed E-state index contributed by atoms with van der Waals surface area (Å²) in [5, 5.41) is 9.28. The van der Waals surface area contributed by atoms with Crippen molar-refractivity contribution in [2.45, 2.75) is 4.90 Å². The molecule has 1 heterocycles. The number of hydrogen-bond acceptors (Lipinski definition) is 5. The molecule has 2 aromatic rings. The molecule has 130 valence electrons. The van der Waals surface area contributed by atoms with Gasteiger partial charge < -0.3 is 9.84 Å². The minimum atomic E-state index is -3.90. The van der Waals surface area contributed by atoms with Crippen molar-refractivity contribution in [1.82, 2.24) is 4.31 Å². The van der Waals surface area contributed by atoms with Crippen LogP contribution in [0.4, 0.5) is 0 Å². The van der Waals surface area contributed by atoms with Gasteiger partial charge in [-0.15, -0.1) is 0 Å². The van der Waals surface area contributed by atoms with Gasteiger partial charge in [-0.05, 0) is 35.9 Å². The SMILES string of the molecule is COc1ccc(C=C2C(=O)c3ccccc3S(=O)(=O)N2CCO)cc1. The summed E-state index contributed by atoms with van der Waals surface area (Å²) >= 11 is 0. The van der Waals surface area contributed by atoms with Gasteiger partial charge in [0.2, 0.25) is 5.78 Å². The number of sulfonamides is 1. The Bertz CT molecular complexity index is 932. The van der Waals surface area contributed by atoms with E-state index >= 15 is 0 Å². The van der Waals surface area contributed by atoms with E-state index in [1.54, 1.807) is 43.5 Å². The normalized spacial score (nSPS) is 17.4. The Morgan fingerprint density at radius 3 is 2.44 bits per heavy atom. The first-order chi connectivity index (χ1) is 12.0. The van der Waals surface area contributed by atoms with E-state index < -0.39 is 22.4 Å². The number of aliphatic hydroxyl groups is 1. The van der Waals surface area contributed by atoms with E-state index in [0.717, 1.165) is 4.31 Å². The highest BCUT2D eigenvalue weighted by Gasteiger charge is 2.38. The van der Waals surface area contributed by atoms with E-state index in [0.29, 0.717) is 11.3 Å². The number of hydrogen-bond donors (Lipinski definition) is 1. The molecule has 0 aromatic heterocycles. The maximum absolute atomic E-state index is 12.8. The maximum Gasteiger partial charge on any atom is 0.265 e. The predicted molar refractivity (Wildman–Crippen MR) is 92.7 cm³/mol. The van der Waals surface area contributed by atoms with Crippen molar-refractivity contribution in [3.05, 3.63) is 65.4 Å². The van der Waals surface area contributed by atoms with Gasteiger partial charge in [0.15, 0.2) is 0 Å². The molecule has 1 aliphatic heterocycles. The monoisotopic (exact) mass is 359 g/mol. The number of allylic oxidation sites excluding steroid dienone is 1. The van der Waals surface area contributed by atoms with E-state index in [-0.39, 0.29) is 22.7 Å². The quantitative estimate of drug-likeness (QED) is 0.843. The van der Waals surface area contributed by atoms with Gasteiger partial charge in [-0.3, -0.25) is 9.10 Å². The number of rotatable bonds is 4. The number of carbonyl (C=O) groups excluding carboxylic acids is 1. The molecule has 0 aliphatic carbocycles. The summed E-state index contributed by atoms with van der Waals surface area (Å²) in [4.78, 5) is 12.8. The molecule has 0 fully saturated rings. The number of fused-ring (bicyclic) bond motifs is 1. The predicted octanol–water partition coefficient (Wildman–Crippen LogP) is 1.92. The van der Waals surface area contributed by atoms with Crippen LogP contribution >= 0.6 is 0 Å². The molecule has 0 bridgehead atoms. The van der Waals surface area contributed by atoms with Gasteiger partial charge in [-0.2, -0.15) is 0 Å². The molecule has 1 aliphatic rings. The van der Waals surface area contributed by atoms with Gasteiger partial charge in [-0.25, -0.2) is 8.42 Å². The molecule has 0 saturated carbocycles. The van der Waals surface area contributed by atoms with Crippen molar-refractivity contribution >= 4 is 21.9 Å². The van der Waals surface area contributed by atoms with Crippen molar-refractivity contribution in [3.8, 4) is 5.75 Å². The molecule has 0 spiro atoms. The van der Waals surface area contributed by atoms with E-state index in [2.05, 4.69) is 0 Å². The number of carbonyl (C=O) groups is 1. The molecule has 1 N–H and O–H groups in total. The van der Waals surface area contributed by atoms with Gasteiger partial charge in [0.05, 0.1) is 25.2 Å². The molecule has 0 amide bonds. The van der Waals surface area contributed by atoms with Crippen LogP contribution in [-0.2, 0) is 10.0 Å². The minimum Gasteiger partial charge on any atom is -0.497 e. The Morgan fingerprint density at radius 1 is 1.12 bits per heavy atom. The summed E-state index contributed by atoms with van der Waals surface area (Å²) in [6, 6.07) is 13.0. The van der Waals surface area contributed by atoms with Crippen LogP contribution in [0.3, 0.4) is 0 Å². The lowest BCUT2D eigenvalue weighted by atomic mass is 10.1. The number of ketones is 1. The molecule has 0 unspecified atom stereocenters. The Morgan fingerprint density at radius 2 is 1.80 bits per heavy atom. The molecule has 2 aromatic carbocycles. The number of Topliss-reactive ketones (excluding diaryl/α,β-unsaturated/α-hetero) is 1. The molecule has 25 heavy (non-hydrogen) atoms. The molecule has 7 heteroatoms. The molecular weight excluding hydrogens is 342 g/mol. The maximum atomic E-state index is 12.8. The van der Waals surface area contributed by atoms with Gasteiger partial charge in [0.25, 0.3) is 10.0 Å². The first-order valence-electron chi connectivity index (χ1n) is 7.62. The van der Waals surface area contributed by atoms with Crippen LogP contribution in [0.1, 0.15) is 15.9 Å². The number of ether oxygens (including phenoxy) is 1. The Hall–Kier alpha value is -2.64. The fourth-order valence-corrected chi connectivity index (χ4v) is 4.35. The van der Waals surface area contributed by atoms with Gasteiger partial charge in [0, 0.05) is 5.56 Å². The summed E-state index contributed by atoms with van der Waals surface area (Å²) in [6.07, 6.45) is 1.50. The van der Waals surface area contributed by atoms with Crippen LogP contribution in [0.15, 0.2) is 59.1 Å². The highest BCUT2D eigenvalue weighted by Crippen LogP contribution is 2.33. The zero-order valence-electron chi connectivity index (χ0n) is 13.5. The summed E-state index contributed by atoms with van der Waals surface area (Å²) in [5.41, 5.74) is 0.802. The van der Waals surface area contributed by atoms with Gasteiger partial charge in [0.1, 0.15) is 11.4 Å². The third-order valence-corrected chi connectivity index (χ3v) is 5.79. The number of aliphatic hydroxyl groups excluding tert-OH is 1. The van der Waals surface area contributed by atoms with Gasteiger partial charge in [-0.1, -0.05) is 24.3 Å². The molecule has 6 nitrogen and oxygen atoms in total. The summed E-state index contributed by atoms with van der Waals surface area (Å²) < 4.78 is 31.7. The lowest BCUT2D eigenvalue weighted by Crippen LogP contribution is -2.40. The van der Waals surface area contributed by atoms with Crippen LogP contribution in [-0.4, -0.2) is 43.9 Å². The Labute approximate surface area is 146 Å². The average molecular weight is 359 g/mol. The molecule has 0 atom stereocenters. The van der Waals surface area contributed by atoms with Crippen LogP contribution in [0.5, 0.6) is 5.75 Å². The van der Waals surface area contributed by atoms with E-state index in [1.165, 1.54) is 18.2 Å². The van der Waals surface area contributed by atoms with Crippen LogP contribution < -0.4 is 4.74 Å². The number of β-amino-alcohol motifs (C(OH)–C–C–N with tert-alkyl or cyclic N) is 1. The smallest absolute Gasteiger partial charge is 0.265 e. The summed E-state index contributed by atoms with van der Waals surface area (Å²) in [5.74, 6) is 0.261. The van der Waals surface area contributed by atoms with Crippen molar-refractivity contribution in [3.63, 3.8) is 0 Å². The van der Waals surface area contributed by atoms with E-state index in [4.69, 9.17) is 4.74 Å². The third kappa shape index (κ3) is 3.04. The van der Waals surface area contributed by atoms with Gasteiger partial charge >= 0.3 is 0 Å². The second-order valence-corrected chi connectivity index (χ2v) is 7.26. The number of benzene rings is 2. The molecular formula is C18H17NO5S. The fourth-order valence-electron chi connectivity index (χ4n) is 2.71. The van der Waals surface area contributed by atoms with Crippen LogP contribution in [0, 0.1) is 0 Å². The topological polar surface area (TPSA) is 83.9 Å². The Balaban J connectivity index is 2.16. The van der Waals surface area contributed by atoms with Crippen molar-refractivity contribution < 1.29 is 23.1 Å². The average Bonchev–Trinajstić information content (AvgIpc) is 2.63. The molecule has 0 saturated heterocycles. The highest BCUT2D eigenvalue weighted by atomic mass is 32.2. The summed E-state index contributed by atoms with van der Waals surface area (Å²) in [7, 11) is -2.35. The largest absolute Gasteiger partial charge is 0.497 e. The second kappa shape index (κ2) is 6.70. The number of methoxy groups -OCH3 is 1. The third-order valence-electron chi connectivity index (χ3n) is 3.92. The summed E-state index contributed by atoms with van der Waals surface area (Å²) in [6.45, 7) is -0.584. The fraction of sp³-hybridized carbons (Fsp3) is 0.167. The highest BCUT2D eigenvalue weighted by molar-refractivity contribution is 7.89. The van der Waals surface area contributed by atoms with Crippen LogP contribution in [0.25, 0.3) is 6.08 Å². The lowest BCUT2D eigenvalue weighted by molar-refractivity contribution is 0.0998. The number of nitrogens with zero attached hydrogens (tertiary/aromatic N) is 1.